The summed E-state index contributed by atoms with van der Waals surface area (Å²) in [6.45, 7) is 7.60. The molecule has 0 radical (unpaired) electrons. The van der Waals surface area contributed by atoms with Gasteiger partial charge < -0.3 is 4.90 Å². The molecule has 0 saturated carbocycles. The molecule has 2 bridgehead atoms. The summed E-state index contributed by atoms with van der Waals surface area (Å²) in [5.41, 5.74) is 5.96. The molecule has 1 saturated heterocycles. The predicted molar refractivity (Wildman–Crippen MR) is 54.2 cm³/mol. The number of hydrogen-bond donors (Lipinski definition) is 0. The molecule has 1 fully saturated rings. The molecule has 2 unspecified atom stereocenters. The van der Waals surface area contributed by atoms with E-state index in [0.717, 1.165) is 11.8 Å². The van der Waals surface area contributed by atoms with Crippen LogP contribution in [0.15, 0.2) is 35.1 Å². The second kappa shape index (κ2) is 2.09. The van der Waals surface area contributed by atoms with Gasteiger partial charge in [-0.05, 0) is 30.4 Å². The minimum atomic E-state index is 0.774. The lowest BCUT2D eigenvalue weighted by Gasteiger charge is -2.13. The minimum absolute atomic E-state index is 0.774. The van der Waals surface area contributed by atoms with E-state index in [4.69, 9.17) is 0 Å². The molecule has 13 heavy (non-hydrogen) atoms. The second-order valence-corrected chi connectivity index (χ2v) is 4.54. The zero-order valence-corrected chi connectivity index (χ0v) is 8.30. The third kappa shape index (κ3) is 0.731. The minimum Gasteiger partial charge on any atom is -0.374 e. The van der Waals surface area contributed by atoms with Gasteiger partial charge in [-0.25, -0.2) is 0 Å². The maximum absolute atomic E-state index is 4.17. The predicted octanol–water partition coefficient (Wildman–Crippen LogP) is 2.34. The van der Waals surface area contributed by atoms with Crippen molar-refractivity contribution in [2.75, 3.05) is 13.6 Å². The molecular formula is C12H15N. The smallest absolute Gasteiger partial charge is 0.0329 e. The summed E-state index contributed by atoms with van der Waals surface area (Å²) < 4.78 is 0. The van der Waals surface area contributed by atoms with Crippen molar-refractivity contribution in [3.05, 3.63) is 35.1 Å². The van der Waals surface area contributed by atoms with Crippen LogP contribution in [0.1, 0.15) is 13.3 Å². The van der Waals surface area contributed by atoms with Crippen molar-refractivity contribution >= 4 is 0 Å². The average Bonchev–Trinajstić information content (AvgIpc) is 2.66. The van der Waals surface area contributed by atoms with E-state index in [0.29, 0.717) is 0 Å². The molecule has 0 aromatic heterocycles. The van der Waals surface area contributed by atoms with Gasteiger partial charge in [0.25, 0.3) is 0 Å². The maximum atomic E-state index is 4.17. The van der Waals surface area contributed by atoms with Gasteiger partial charge in [-0.3, -0.25) is 0 Å². The van der Waals surface area contributed by atoms with Gasteiger partial charge in [0, 0.05) is 25.2 Å². The summed E-state index contributed by atoms with van der Waals surface area (Å²) in [5.74, 6) is 1.57. The first-order valence-corrected chi connectivity index (χ1v) is 5.00. The fraction of sp³-hybridized carbons (Fsp3) is 0.500. The Labute approximate surface area is 79.4 Å². The highest BCUT2D eigenvalue weighted by molar-refractivity contribution is 5.55. The van der Waals surface area contributed by atoms with E-state index in [9.17, 15) is 0 Å². The third-order valence-electron chi connectivity index (χ3n) is 3.83. The lowest BCUT2D eigenvalue weighted by atomic mass is 9.90. The fourth-order valence-corrected chi connectivity index (χ4v) is 3.12. The van der Waals surface area contributed by atoms with Crippen LogP contribution in [0.5, 0.6) is 0 Å². The summed E-state index contributed by atoms with van der Waals surface area (Å²) in [6.07, 6.45) is 3.74. The summed E-state index contributed by atoms with van der Waals surface area (Å²) in [4.78, 5) is 2.30. The highest BCUT2D eigenvalue weighted by Crippen LogP contribution is 2.52. The van der Waals surface area contributed by atoms with Gasteiger partial charge in [0.05, 0.1) is 0 Å². The molecule has 1 heterocycles. The van der Waals surface area contributed by atoms with Crippen LogP contribution in [0.4, 0.5) is 0 Å². The van der Waals surface area contributed by atoms with E-state index in [-0.39, 0.29) is 0 Å². The maximum Gasteiger partial charge on any atom is 0.0329 e. The van der Waals surface area contributed by atoms with Crippen LogP contribution in [0.3, 0.4) is 0 Å². The number of likely N-dealkylation sites (N-methyl/N-ethyl adjacent to an activating group) is 1. The Morgan fingerprint density at radius 2 is 2.31 bits per heavy atom. The van der Waals surface area contributed by atoms with Gasteiger partial charge in [0.1, 0.15) is 0 Å². The van der Waals surface area contributed by atoms with Crippen LogP contribution >= 0.6 is 0 Å². The second-order valence-electron chi connectivity index (χ2n) is 4.54. The number of fused-ring (bicyclic) bond motifs is 4. The van der Waals surface area contributed by atoms with Crippen LogP contribution in [-0.2, 0) is 0 Å². The molecular weight excluding hydrogens is 158 g/mol. The zero-order chi connectivity index (χ0) is 9.16. The van der Waals surface area contributed by atoms with E-state index >= 15 is 0 Å². The zero-order valence-electron chi connectivity index (χ0n) is 8.30. The highest BCUT2D eigenvalue weighted by Gasteiger charge is 2.44. The standard InChI is InChI=1S/C12H15N/c1-7-4-9-5-10(7)12-8(2)13(3)6-11(9)12/h4,9,11H,2,5-6H2,1,3H3. The Morgan fingerprint density at radius 1 is 1.54 bits per heavy atom. The van der Waals surface area contributed by atoms with Gasteiger partial charge in [-0.15, -0.1) is 0 Å². The summed E-state index contributed by atoms with van der Waals surface area (Å²) >= 11 is 0. The molecule has 3 aliphatic rings. The number of allylic oxidation sites excluding steroid dienone is 4. The van der Waals surface area contributed by atoms with Crippen LogP contribution in [-0.4, -0.2) is 18.5 Å². The normalized spacial score (nSPS) is 36.0. The van der Waals surface area contributed by atoms with E-state index in [1.54, 1.807) is 11.1 Å². The van der Waals surface area contributed by atoms with Crippen molar-refractivity contribution in [1.29, 1.82) is 0 Å². The van der Waals surface area contributed by atoms with E-state index in [1.165, 1.54) is 24.2 Å². The van der Waals surface area contributed by atoms with E-state index in [1.807, 2.05) is 0 Å². The summed E-state index contributed by atoms with van der Waals surface area (Å²) in [5, 5.41) is 0. The molecule has 2 aliphatic carbocycles. The number of hydrogen-bond acceptors (Lipinski definition) is 1. The Balaban J connectivity index is 2.15. The first kappa shape index (κ1) is 7.43. The van der Waals surface area contributed by atoms with Crippen molar-refractivity contribution in [2.45, 2.75) is 13.3 Å². The molecule has 1 heteroatoms. The molecule has 0 aromatic carbocycles. The molecule has 1 aliphatic heterocycles. The molecule has 0 spiro atoms. The lowest BCUT2D eigenvalue weighted by molar-refractivity contribution is 0.395. The average molecular weight is 173 g/mol. The van der Waals surface area contributed by atoms with Gasteiger partial charge in [0.15, 0.2) is 0 Å². The SMILES string of the molecule is C=C1C2=C3CC(C=C3C)C2CN1C. The van der Waals surface area contributed by atoms with Crippen molar-refractivity contribution in [3.63, 3.8) is 0 Å². The van der Waals surface area contributed by atoms with Crippen molar-refractivity contribution in [1.82, 2.24) is 4.90 Å². The van der Waals surface area contributed by atoms with E-state index < -0.39 is 0 Å². The Hall–Kier alpha value is -0.980. The molecule has 0 N–H and O–H groups in total. The Kier molecular flexibility index (Phi) is 1.19. The van der Waals surface area contributed by atoms with Crippen LogP contribution in [0.2, 0.25) is 0 Å². The van der Waals surface area contributed by atoms with Crippen LogP contribution in [0, 0.1) is 11.8 Å². The van der Waals surface area contributed by atoms with E-state index in [2.05, 4.69) is 31.5 Å². The van der Waals surface area contributed by atoms with Gasteiger partial charge in [-0.2, -0.15) is 0 Å². The number of rotatable bonds is 0. The molecule has 0 aromatic rings. The first-order valence-electron chi connectivity index (χ1n) is 5.00. The van der Waals surface area contributed by atoms with Crippen molar-refractivity contribution in [3.8, 4) is 0 Å². The fourth-order valence-electron chi connectivity index (χ4n) is 3.12. The number of likely N-dealkylation sites (tertiary alicyclic amines) is 1. The molecule has 0 amide bonds. The third-order valence-corrected chi connectivity index (χ3v) is 3.83. The Bertz CT molecular complexity index is 359. The van der Waals surface area contributed by atoms with Crippen molar-refractivity contribution < 1.29 is 0 Å². The van der Waals surface area contributed by atoms with Gasteiger partial charge in [-0.1, -0.05) is 18.2 Å². The molecule has 3 rings (SSSR count). The summed E-state index contributed by atoms with van der Waals surface area (Å²) in [7, 11) is 2.16. The molecule has 2 atom stereocenters. The quantitative estimate of drug-likeness (QED) is 0.543. The number of nitrogens with zero attached hydrogens (tertiary/aromatic N) is 1. The largest absolute Gasteiger partial charge is 0.374 e. The molecule has 1 nitrogen and oxygen atoms in total. The van der Waals surface area contributed by atoms with Crippen LogP contribution in [0.25, 0.3) is 0 Å². The topological polar surface area (TPSA) is 3.24 Å². The molecule has 68 valence electrons. The van der Waals surface area contributed by atoms with Crippen molar-refractivity contribution in [2.24, 2.45) is 11.8 Å². The van der Waals surface area contributed by atoms with Gasteiger partial charge >= 0.3 is 0 Å². The first-order chi connectivity index (χ1) is 6.18. The lowest BCUT2D eigenvalue weighted by Crippen LogP contribution is -2.16. The summed E-state index contributed by atoms with van der Waals surface area (Å²) in [6, 6.07) is 0. The monoisotopic (exact) mass is 173 g/mol. The van der Waals surface area contributed by atoms with Crippen LogP contribution < -0.4 is 0 Å². The Morgan fingerprint density at radius 3 is 3.08 bits per heavy atom. The highest BCUT2D eigenvalue weighted by atomic mass is 15.1. The van der Waals surface area contributed by atoms with Gasteiger partial charge in [0.2, 0.25) is 0 Å².